The van der Waals surface area contributed by atoms with Gasteiger partial charge >= 0.3 is 0 Å². The van der Waals surface area contributed by atoms with Crippen LogP contribution in [0.1, 0.15) is 15.9 Å². The highest BCUT2D eigenvalue weighted by molar-refractivity contribution is 9.10. The molecular weight excluding hydrogens is 439 g/mol. The maximum Gasteiger partial charge on any atom is 0.257 e. The molecule has 7 heteroatoms. The van der Waals surface area contributed by atoms with Gasteiger partial charge in [0, 0.05) is 14.5 Å². The van der Waals surface area contributed by atoms with Crippen LogP contribution in [0.3, 0.4) is 0 Å². The molecule has 0 bridgehead atoms. The molecule has 2 aromatic rings. The number of rotatable bonds is 3. The minimum Gasteiger partial charge on any atom is -0.389 e. The van der Waals surface area contributed by atoms with Gasteiger partial charge in [-0.3, -0.25) is 4.79 Å². The lowest BCUT2D eigenvalue weighted by Crippen LogP contribution is -2.18. The summed E-state index contributed by atoms with van der Waals surface area (Å²) in [7, 11) is 0. The number of carbonyl (C=O) groups excluding carboxylic acids is 1. The predicted molar refractivity (Wildman–Crippen MR) is 97.1 cm³/mol. The van der Waals surface area contributed by atoms with Crippen molar-refractivity contribution < 1.29 is 4.79 Å². The first-order chi connectivity index (χ1) is 9.90. The van der Waals surface area contributed by atoms with Gasteiger partial charge in [0.05, 0.1) is 16.3 Å². The molecule has 2 aromatic carbocycles. The van der Waals surface area contributed by atoms with E-state index in [1.54, 1.807) is 36.4 Å². The lowest BCUT2D eigenvalue weighted by atomic mass is 10.1. The normalized spacial score (nSPS) is 10.2. The van der Waals surface area contributed by atoms with Crippen LogP contribution in [0.2, 0.25) is 5.02 Å². The molecule has 0 heterocycles. The second kappa shape index (κ2) is 6.87. The summed E-state index contributed by atoms with van der Waals surface area (Å²) in [6.45, 7) is 0. The number of nitrogens with two attached hydrogens (primary N) is 1. The molecule has 1 amide bonds. The minimum absolute atomic E-state index is 0.201. The third-order valence-electron chi connectivity index (χ3n) is 2.69. The number of benzene rings is 2. The largest absolute Gasteiger partial charge is 0.389 e. The van der Waals surface area contributed by atoms with Gasteiger partial charge in [-0.1, -0.05) is 45.8 Å². The average molecular weight is 449 g/mol. The molecule has 0 fully saturated rings. The van der Waals surface area contributed by atoms with Gasteiger partial charge in [0.15, 0.2) is 0 Å². The van der Waals surface area contributed by atoms with Crippen LogP contribution in [0, 0.1) is 0 Å². The zero-order valence-electron chi connectivity index (χ0n) is 10.5. The summed E-state index contributed by atoms with van der Waals surface area (Å²) < 4.78 is 1.48. The van der Waals surface area contributed by atoms with Gasteiger partial charge in [0.1, 0.15) is 4.99 Å². The minimum atomic E-state index is -0.332. The molecular formula is C14H9Br2ClN2OS. The van der Waals surface area contributed by atoms with E-state index in [4.69, 9.17) is 29.6 Å². The van der Waals surface area contributed by atoms with Crippen molar-refractivity contribution >= 4 is 72.3 Å². The fourth-order valence-corrected chi connectivity index (χ4v) is 2.81. The highest BCUT2D eigenvalue weighted by atomic mass is 79.9. The van der Waals surface area contributed by atoms with Crippen LogP contribution in [0.25, 0.3) is 0 Å². The van der Waals surface area contributed by atoms with E-state index in [2.05, 4.69) is 37.2 Å². The van der Waals surface area contributed by atoms with Crippen molar-refractivity contribution in [2.24, 2.45) is 5.73 Å². The summed E-state index contributed by atoms with van der Waals surface area (Å²) in [6.07, 6.45) is 0. The molecule has 0 saturated carbocycles. The van der Waals surface area contributed by atoms with Crippen LogP contribution in [-0.4, -0.2) is 10.9 Å². The first-order valence-electron chi connectivity index (χ1n) is 5.75. The molecule has 0 aliphatic rings. The zero-order chi connectivity index (χ0) is 15.6. The quantitative estimate of drug-likeness (QED) is 0.666. The first kappa shape index (κ1) is 16.4. The first-order valence-corrected chi connectivity index (χ1v) is 8.12. The molecule has 0 aromatic heterocycles. The average Bonchev–Trinajstić information content (AvgIpc) is 2.43. The van der Waals surface area contributed by atoms with Gasteiger partial charge in [-0.25, -0.2) is 0 Å². The van der Waals surface area contributed by atoms with Gasteiger partial charge in [-0.2, -0.15) is 0 Å². The predicted octanol–water partition coefficient (Wildman–Crippen LogP) is 4.75. The number of hydrogen-bond acceptors (Lipinski definition) is 2. The summed E-state index contributed by atoms with van der Waals surface area (Å²) in [4.78, 5) is 12.5. The molecule has 108 valence electrons. The number of thiocarbonyl (C=S) groups is 1. The van der Waals surface area contributed by atoms with Crippen LogP contribution < -0.4 is 11.1 Å². The van der Waals surface area contributed by atoms with E-state index >= 15 is 0 Å². The van der Waals surface area contributed by atoms with E-state index in [1.807, 2.05) is 0 Å². The molecule has 0 aliphatic carbocycles. The summed E-state index contributed by atoms with van der Waals surface area (Å²) in [5.74, 6) is -0.332. The maximum absolute atomic E-state index is 12.3. The Balaban J connectivity index is 2.36. The number of carbonyl (C=O) groups is 1. The summed E-state index contributed by atoms with van der Waals surface area (Å²) in [5.41, 5.74) is 7.16. The third-order valence-corrected chi connectivity index (χ3v) is 4.70. The summed E-state index contributed by atoms with van der Waals surface area (Å²) >= 11 is 17.7. The lowest BCUT2D eigenvalue weighted by molar-refractivity contribution is 0.102. The highest BCUT2D eigenvalue weighted by Gasteiger charge is 2.15. The number of hydrogen-bond donors (Lipinski definition) is 2. The molecule has 3 nitrogen and oxygen atoms in total. The van der Waals surface area contributed by atoms with Gasteiger partial charge in [0.2, 0.25) is 0 Å². The van der Waals surface area contributed by atoms with Crippen molar-refractivity contribution in [2.75, 3.05) is 5.32 Å². The molecule has 2 rings (SSSR count). The van der Waals surface area contributed by atoms with Crippen LogP contribution in [-0.2, 0) is 0 Å². The number of nitrogens with one attached hydrogen (secondary N) is 1. The standard InChI is InChI=1S/C14H9Br2ClN2OS/c15-7-4-5-11(9(6-7)13(18)21)19-14(20)8-2-1-3-10(16)12(8)17/h1-6H,(H2,18,21)(H,19,20). The van der Waals surface area contributed by atoms with Crippen molar-refractivity contribution in [3.63, 3.8) is 0 Å². The monoisotopic (exact) mass is 446 g/mol. The Bertz CT molecular complexity index is 737. The molecule has 21 heavy (non-hydrogen) atoms. The van der Waals surface area contributed by atoms with Crippen LogP contribution in [0.5, 0.6) is 0 Å². The highest BCUT2D eigenvalue weighted by Crippen LogP contribution is 2.27. The Morgan fingerprint density at radius 3 is 2.57 bits per heavy atom. The van der Waals surface area contributed by atoms with Crippen molar-refractivity contribution in [1.82, 2.24) is 0 Å². The van der Waals surface area contributed by atoms with E-state index in [0.717, 1.165) is 4.47 Å². The zero-order valence-corrected chi connectivity index (χ0v) is 15.2. The van der Waals surface area contributed by atoms with Gasteiger partial charge in [0.25, 0.3) is 5.91 Å². The summed E-state index contributed by atoms with van der Waals surface area (Å²) in [5, 5.41) is 3.12. The van der Waals surface area contributed by atoms with E-state index in [-0.39, 0.29) is 10.9 Å². The van der Waals surface area contributed by atoms with Crippen LogP contribution in [0.15, 0.2) is 45.3 Å². The third kappa shape index (κ3) is 3.83. The Morgan fingerprint density at radius 2 is 1.90 bits per heavy atom. The van der Waals surface area contributed by atoms with Crippen LogP contribution >= 0.6 is 55.7 Å². The molecule has 0 unspecified atom stereocenters. The van der Waals surface area contributed by atoms with E-state index in [0.29, 0.717) is 26.3 Å². The molecule has 0 aliphatic heterocycles. The van der Waals surface area contributed by atoms with E-state index in [1.165, 1.54) is 0 Å². The second-order valence-corrected chi connectivity index (χ2v) is 6.70. The fourth-order valence-electron chi connectivity index (χ4n) is 1.70. The fraction of sp³-hybridized carbons (Fsp3) is 0. The number of amides is 1. The Hall–Kier alpha value is -0.950. The van der Waals surface area contributed by atoms with Crippen molar-refractivity contribution in [3.05, 3.63) is 61.5 Å². The van der Waals surface area contributed by atoms with Crippen LogP contribution in [0.4, 0.5) is 5.69 Å². The van der Waals surface area contributed by atoms with E-state index in [9.17, 15) is 4.79 Å². The van der Waals surface area contributed by atoms with Gasteiger partial charge in [-0.15, -0.1) is 0 Å². The topological polar surface area (TPSA) is 55.1 Å². The van der Waals surface area contributed by atoms with Crippen molar-refractivity contribution in [1.29, 1.82) is 0 Å². The lowest BCUT2D eigenvalue weighted by Gasteiger charge is -2.12. The van der Waals surface area contributed by atoms with Crippen molar-refractivity contribution in [2.45, 2.75) is 0 Å². The molecule has 3 N–H and O–H groups in total. The summed E-state index contributed by atoms with van der Waals surface area (Å²) in [6, 6.07) is 10.4. The Morgan fingerprint density at radius 1 is 1.19 bits per heavy atom. The Kier molecular flexibility index (Phi) is 5.37. The Labute approximate surface area is 149 Å². The van der Waals surface area contributed by atoms with E-state index < -0.39 is 0 Å². The molecule has 0 saturated heterocycles. The number of halogens is 3. The van der Waals surface area contributed by atoms with Crippen molar-refractivity contribution in [3.8, 4) is 0 Å². The molecule has 0 spiro atoms. The SMILES string of the molecule is NC(=S)c1cc(Br)ccc1NC(=O)c1cccc(Br)c1Cl. The van der Waals surface area contributed by atoms with Gasteiger partial charge < -0.3 is 11.1 Å². The maximum atomic E-state index is 12.3. The molecule has 0 atom stereocenters. The number of anilines is 1. The second-order valence-electron chi connectivity index (χ2n) is 4.11. The molecule has 0 radical (unpaired) electrons. The smallest absolute Gasteiger partial charge is 0.257 e. The van der Waals surface area contributed by atoms with Gasteiger partial charge in [-0.05, 0) is 46.3 Å².